The van der Waals surface area contributed by atoms with Crippen LogP contribution in [0.25, 0.3) is 11.3 Å². The first-order chi connectivity index (χ1) is 13.5. The Morgan fingerprint density at radius 3 is 2.50 bits per heavy atom. The van der Waals surface area contributed by atoms with Crippen LogP contribution in [0.3, 0.4) is 0 Å². The zero-order chi connectivity index (χ0) is 20.1. The molecule has 0 atom stereocenters. The van der Waals surface area contributed by atoms with Crippen LogP contribution in [0.15, 0.2) is 63.6 Å². The molecule has 0 aliphatic heterocycles. The molecule has 0 saturated carbocycles. The highest BCUT2D eigenvalue weighted by Crippen LogP contribution is 2.25. The highest BCUT2D eigenvalue weighted by atomic mass is 79.9. The van der Waals surface area contributed by atoms with Gasteiger partial charge in [0, 0.05) is 23.6 Å². The summed E-state index contributed by atoms with van der Waals surface area (Å²) in [6.07, 6.45) is 0. The Labute approximate surface area is 171 Å². The number of aromatic nitrogens is 1. The fourth-order valence-electron chi connectivity index (χ4n) is 2.69. The summed E-state index contributed by atoms with van der Waals surface area (Å²) in [4.78, 5) is 26.4. The molecule has 1 heterocycles. The molecular weight excluding hydrogens is 424 g/mol. The molecule has 0 aliphatic rings. The number of halogens is 1. The lowest BCUT2D eigenvalue weighted by atomic mass is 10.1. The summed E-state index contributed by atoms with van der Waals surface area (Å²) in [7, 11) is 1.66. The fourth-order valence-corrected chi connectivity index (χ4v) is 3.10. The topological polar surface area (TPSA) is 72.6 Å². The van der Waals surface area contributed by atoms with Crippen molar-refractivity contribution < 1.29 is 18.8 Å². The normalized spacial score (nSPS) is 10.5. The van der Waals surface area contributed by atoms with Gasteiger partial charge in [0.25, 0.3) is 5.91 Å². The van der Waals surface area contributed by atoms with Crippen molar-refractivity contribution in [1.29, 1.82) is 0 Å². The van der Waals surface area contributed by atoms with Gasteiger partial charge in [0.05, 0.1) is 0 Å². The number of carbonyl (C=O) groups is 2. The van der Waals surface area contributed by atoms with Gasteiger partial charge >= 0.3 is 5.97 Å². The van der Waals surface area contributed by atoms with E-state index in [0.717, 1.165) is 15.6 Å². The average Bonchev–Trinajstić information content (AvgIpc) is 3.09. The number of rotatable bonds is 6. The van der Waals surface area contributed by atoms with Gasteiger partial charge in [-0.25, -0.2) is 4.79 Å². The van der Waals surface area contributed by atoms with Gasteiger partial charge in [-0.1, -0.05) is 69.6 Å². The number of hydrogen-bond acceptors (Lipinski definition) is 5. The van der Waals surface area contributed by atoms with Crippen LogP contribution in [0.2, 0.25) is 0 Å². The summed E-state index contributed by atoms with van der Waals surface area (Å²) in [6, 6.07) is 16.8. The van der Waals surface area contributed by atoms with Crippen molar-refractivity contribution in [3.63, 3.8) is 0 Å². The van der Waals surface area contributed by atoms with E-state index >= 15 is 0 Å². The third-order valence-corrected chi connectivity index (χ3v) is 5.01. The smallest absolute Gasteiger partial charge is 0.344 e. The van der Waals surface area contributed by atoms with E-state index in [1.54, 1.807) is 14.0 Å². The third-order valence-electron chi connectivity index (χ3n) is 4.23. The maximum atomic E-state index is 12.6. The summed E-state index contributed by atoms with van der Waals surface area (Å²) in [5.74, 6) is -0.599. The second-order valence-electron chi connectivity index (χ2n) is 6.25. The largest absolute Gasteiger partial charge is 0.452 e. The van der Waals surface area contributed by atoms with Crippen molar-refractivity contribution in [2.45, 2.75) is 13.5 Å². The van der Waals surface area contributed by atoms with Gasteiger partial charge in [-0.3, -0.25) is 4.79 Å². The second-order valence-corrected chi connectivity index (χ2v) is 7.10. The lowest BCUT2D eigenvalue weighted by Gasteiger charge is -2.18. The standard InChI is InChI=1S/C21H19BrN2O4/c1-14-19(20(23-28-14)15-8-4-3-5-9-15)21(26)27-13-18(25)24(2)12-16-10-6-7-11-17(16)22/h3-11H,12-13H2,1-2H3. The Morgan fingerprint density at radius 2 is 1.79 bits per heavy atom. The zero-order valence-corrected chi connectivity index (χ0v) is 17.1. The Kier molecular flexibility index (Phi) is 6.26. The van der Waals surface area contributed by atoms with E-state index in [1.807, 2.05) is 54.6 Å². The number of hydrogen-bond donors (Lipinski definition) is 0. The first-order valence-corrected chi connectivity index (χ1v) is 9.43. The molecule has 0 saturated heterocycles. The molecule has 28 heavy (non-hydrogen) atoms. The fraction of sp³-hybridized carbons (Fsp3) is 0.190. The first kappa shape index (κ1) is 19.8. The monoisotopic (exact) mass is 442 g/mol. The average molecular weight is 443 g/mol. The van der Waals surface area contributed by atoms with Crippen LogP contribution in [-0.4, -0.2) is 35.6 Å². The summed E-state index contributed by atoms with van der Waals surface area (Å²) in [5, 5.41) is 3.96. The minimum absolute atomic E-state index is 0.229. The molecule has 0 aliphatic carbocycles. The second kappa shape index (κ2) is 8.84. The van der Waals surface area contributed by atoms with Gasteiger partial charge in [0.1, 0.15) is 17.0 Å². The summed E-state index contributed by atoms with van der Waals surface area (Å²) in [5.41, 5.74) is 2.33. The molecule has 3 rings (SSSR count). The minimum atomic E-state index is -0.639. The van der Waals surface area contributed by atoms with E-state index in [-0.39, 0.29) is 18.1 Å². The summed E-state index contributed by atoms with van der Waals surface area (Å²) < 4.78 is 11.3. The molecule has 1 amide bonds. The maximum absolute atomic E-state index is 12.6. The van der Waals surface area contributed by atoms with Crippen LogP contribution >= 0.6 is 15.9 Å². The van der Waals surface area contributed by atoms with Crippen LogP contribution in [0.1, 0.15) is 21.7 Å². The molecule has 0 unspecified atom stereocenters. The highest BCUT2D eigenvalue weighted by molar-refractivity contribution is 9.10. The molecule has 0 radical (unpaired) electrons. The van der Waals surface area contributed by atoms with Gasteiger partial charge in [-0.2, -0.15) is 0 Å². The summed E-state index contributed by atoms with van der Waals surface area (Å²) in [6.45, 7) is 1.68. The van der Waals surface area contributed by atoms with Gasteiger partial charge in [-0.05, 0) is 18.6 Å². The molecular formula is C21H19BrN2O4. The maximum Gasteiger partial charge on any atom is 0.344 e. The zero-order valence-electron chi connectivity index (χ0n) is 15.5. The molecule has 0 bridgehead atoms. The Morgan fingerprint density at radius 1 is 1.11 bits per heavy atom. The predicted molar refractivity (Wildman–Crippen MR) is 108 cm³/mol. The van der Waals surface area contributed by atoms with Crippen molar-refractivity contribution in [3.8, 4) is 11.3 Å². The number of aryl methyl sites for hydroxylation is 1. The molecule has 6 nitrogen and oxygen atoms in total. The number of carbonyl (C=O) groups excluding carboxylic acids is 2. The molecule has 0 spiro atoms. The van der Waals surface area contributed by atoms with E-state index < -0.39 is 5.97 Å². The predicted octanol–water partition coefficient (Wildman–Crippen LogP) is 4.23. The number of benzene rings is 2. The number of amides is 1. The highest BCUT2D eigenvalue weighted by Gasteiger charge is 2.24. The van der Waals surface area contributed by atoms with Crippen molar-refractivity contribution >= 4 is 27.8 Å². The van der Waals surface area contributed by atoms with Crippen LogP contribution < -0.4 is 0 Å². The molecule has 2 aromatic carbocycles. The van der Waals surface area contributed by atoms with Crippen LogP contribution in [-0.2, 0) is 16.1 Å². The molecule has 7 heteroatoms. The Balaban J connectivity index is 1.65. The minimum Gasteiger partial charge on any atom is -0.452 e. The first-order valence-electron chi connectivity index (χ1n) is 8.63. The van der Waals surface area contributed by atoms with Crippen LogP contribution in [0.5, 0.6) is 0 Å². The van der Waals surface area contributed by atoms with Crippen molar-refractivity contribution in [3.05, 3.63) is 76.0 Å². The quantitative estimate of drug-likeness (QED) is 0.534. The van der Waals surface area contributed by atoms with Crippen molar-refractivity contribution in [2.24, 2.45) is 0 Å². The number of esters is 1. The number of likely N-dealkylation sites (N-methyl/N-ethyl adjacent to an activating group) is 1. The van der Waals surface area contributed by atoms with Crippen molar-refractivity contribution in [1.82, 2.24) is 10.1 Å². The molecule has 144 valence electrons. The van der Waals surface area contributed by atoms with Crippen LogP contribution in [0.4, 0.5) is 0 Å². The Bertz CT molecular complexity index is 985. The van der Waals surface area contributed by atoms with E-state index in [9.17, 15) is 9.59 Å². The van der Waals surface area contributed by atoms with Crippen molar-refractivity contribution in [2.75, 3.05) is 13.7 Å². The molecule has 0 N–H and O–H groups in total. The lowest BCUT2D eigenvalue weighted by molar-refractivity contribution is -0.133. The van der Waals surface area contributed by atoms with Gasteiger partial charge in [-0.15, -0.1) is 0 Å². The lowest BCUT2D eigenvalue weighted by Crippen LogP contribution is -2.31. The van der Waals surface area contributed by atoms with E-state index in [0.29, 0.717) is 18.0 Å². The van der Waals surface area contributed by atoms with Crippen LogP contribution in [0, 0.1) is 6.92 Å². The van der Waals surface area contributed by atoms with Gasteiger partial charge in [0.2, 0.25) is 0 Å². The van der Waals surface area contributed by atoms with E-state index in [1.165, 1.54) is 4.90 Å². The molecule has 3 aromatic rings. The number of nitrogens with zero attached hydrogens (tertiary/aromatic N) is 2. The van der Waals surface area contributed by atoms with E-state index in [4.69, 9.17) is 9.26 Å². The Hall–Kier alpha value is -2.93. The summed E-state index contributed by atoms with van der Waals surface area (Å²) >= 11 is 3.46. The third kappa shape index (κ3) is 4.48. The SMILES string of the molecule is Cc1onc(-c2ccccc2)c1C(=O)OCC(=O)N(C)Cc1ccccc1Br. The number of ether oxygens (including phenoxy) is 1. The molecule has 0 fully saturated rings. The van der Waals surface area contributed by atoms with Gasteiger partial charge in [0.15, 0.2) is 6.61 Å². The van der Waals surface area contributed by atoms with E-state index in [2.05, 4.69) is 21.1 Å². The molecule has 1 aromatic heterocycles. The van der Waals surface area contributed by atoms with Gasteiger partial charge < -0.3 is 14.2 Å².